The summed E-state index contributed by atoms with van der Waals surface area (Å²) in [5.41, 5.74) is 0.757. The molecule has 0 aromatic carbocycles. The summed E-state index contributed by atoms with van der Waals surface area (Å²) in [6.07, 6.45) is 7.89. The zero-order valence-electron chi connectivity index (χ0n) is 18.2. The van der Waals surface area contributed by atoms with Crippen molar-refractivity contribution < 1.29 is 4.79 Å². The number of hydrogen-bond acceptors (Lipinski definition) is 3. The molecule has 2 aliphatic heterocycles. The molecule has 4 fully saturated rings. The van der Waals surface area contributed by atoms with Gasteiger partial charge in [-0.05, 0) is 72.1 Å². The Morgan fingerprint density at radius 3 is 2.11 bits per heavy atom. The second-order valence-electron chi connectivity index (χ2n) is 10.5. The predicted octanol–water partition coefficient (Wildman–Crippen LogP) is 3.25. The Hall–Kier alpha value is -0.810. The fourth-order valence-corrected chi connectivity index (χ4v) is 5.42. The second-order valence-corrected chi connectivity index (χ2v) is 10.5. The predicted molar refractivity (Wildman–Crippen MR) is 110 cm³/mol. The first-order chi connectivity index (χ1) is 12.8. The van der Waals surface area contributed by atoms with E-state index in [0.29, 0.717) is 11.6 Å². The molecule has 2 spiro atoms. The molecule has 0 unspecified atom stereocenters. The molecule has 0 radical (unpaired) electrons. The zero-order valence-corrected chi connectivity index (χ0v) is 18.2. The van der Waals surface area contributed by atoms with Gasteiger partial charge in [-0.25, -0.2) is 4.79 Å². The van der Waals surface area contributed by atoms with Gasteiger partial charge in [-0.15, -0.1) is 0 Å². The molecule has 0 aromatic rings. The molecule has 2 saturated heterocycles. The van der Waals surface area contributed by atoms with E-state index in [1.807, 2.05) is 11.9 Å². The van der Waals surface area contributed by atoms with Crippen LogP contribution < -0.4 is 0 Å². The minimum absolute atomic E-state index is 0.212. The molecule has 0 bridgehead atoms. The van der Waals surface area contributed by atoms with Gasteiger partial charge in [0.2, 0.25) is 0 Å². The van der Waals surface area contributed by atoms with E-state index >= 15 is 0 Å². The highest BCUT2D eigenvalue weighted by atomic mass is 16.2. The molecule has 5 heteroatoms. The van der Waals surface area contributed by atoms with Crippen LogP contribution in [0, 0.1) is 5.92 Å². The second kappa shape index (κ2) is 6.91. The van der Waals surface area contributed by atoms with Crippen molar-refractivity contribution in [2.24, 2.45) is 5.92 Å². The number of urea groups is 1. The molecule has 2 amide bonds. The van der Waals surface area contributed by atoms with Crippen molar-refractivity contribution in [2.75, 3.05) is 39.8 Å². The number of amides is 2. The van der Waals surface area contributed by atoms with Crippen molar-refractivity contribution in [1.29, 1.82) is 0 Å². The van der Waals surface area contributed by atoms with Crippen molar-refractivity contribution >= 4 is 6.03 Å². The largest absolute Gasteiger partial charge is 0.325 e. The lowest BCUT2D eigenvalue weighted by Gasteiger charge is -2.58. The van der Waals surface area contributed by atoms with E-state index in [2.05, 4.69) is 42.4 Å². The summed E-state index contributed by atoms with van der Waals surface area (Å²) in [4.78, 5) is 22.5. The summed E-state index contributed by atoms with van der Waals surface area (Å²) in [7, 11) is 1.94. The highest BCUT2D eigenvalue weighted by Crippen LogP contribution is 2.51. The highest BCUT2D eigenvalue weighted by Gasteiger charge is 2.59. The first-order valence-electron chi connectivity index (χ1n) is 11.3. The summed E-state index contributed by atoms with van der Waals surface area (Å²) in [6.45, 7) is 14.5. The number of hydrogen-bond donors (Lipinski definition) is 0. The molecule has 4 rings (SSSR count). The van der Waals surface area contributed by atoms with Crippen molar-refractivity contribution in [3.05, 3.63) is 0 Å². The fourth-order valence-electron chi connectivity index (χ4n) is 5.42. The maximum Gasteiger partial charge on any atom is 0.319 e. The lowest BCUT2D eigenvalue weighted by atomic mass is 9.80. The average molecular weight is 377 g/mol. The third-order valence-electron chi connectivity index (χ3n) is 7.90. The SMILES string of the molecule is CC(C)N(C)C(=O)N1CCC2(CC1)CN(C(C)C)C1(CC1)CN2CC1CC1. The van der Waals surface area contributed by atoms with E-state index in [-0.39, 0.29) is 17.6 Å². The van der Waals surface area contributed by atoms with E-state index in [1.165, 1.54) is 45.3 Å². The normalized spacial score (nSPS) is 27.7. The maximum absolute atomic E-state index is 12.8. The molecule has 4 aliphatic rings. The van der Waals surface area contributed by atoms with Gasteiger partial charge in [0.05, 0.1) is 0 Å². The van der Waals surface area contributed by atoms with Crippen LogP contribution in [0.5, 0.6) is 0 Å². The molecular weight excluding hydrogens is 336 g/mol. The summed E-state index contributed by atoms with van der Waals surface area (Å²) in [5.74, 6) is 0.940. The van der Waals surface area contributed by atoms with Crippen LogP contribution in [0.1, 0.15) is 66.2 Å². The van der Waals surface area contributed by atoms with Crippen LogP contribution in [-0.2, 0) is 0 Å². The van der Waals surface area contributed by atoms with Crippen LogP contribution in [0.2, 0.25) is 0 Å². The Morgan fingerprint density at radius 1 is 1.00 bits per heavy atom. The van der Waals surface area contributed by atoms with Crippen molar-refractivity contribution in [3.8, 4) is 0 Å². The van der Waals surface area contributed by atoms with Crippen LogP contribution in [0.3, 0.4) is 0 Å². The van der Waals surface area contributed by atoms with E-state index in [9.17, 15) is 4.79 Å². The molecule has 154 valence electrons. The Morgan fingerprint density at radius 2 is 1.63 bits per heavy atom. The monoisotopic (exact) mass is 376 g/mol. The van der Waals surface area contributed by atoms with E-state index in [4.69, 9.17) is 0 Å². The van der Waals surface area contributed by atoms with Gasteiger partial charge in [-0.3, -0.25) is 9.80 Å². The number of piperidine rings is 1. The Balaban J connectivity index is 1.48. The zero-order chi connectivity index (χ0) is 19.4. The molecule has 0 atom stereocenters. The summed E-state index contributed by atoms with van der Waals surface area (Å²) in [5, 5.41) is 0. The molecule has 2 aliphatic carbocycles. The topological polar surface area (TPSA) is 30.0 Å². The van der Waals surface area contributed by atoms with Gasteiger partial charge in [0.25, 0.3) is 0 Å². The number of rotatable bonds is 4. The Labute approximate surface area is 166 Å². The van der Waals surface area contributed by atoms with E-state index in [1.54, 1.807) is 0 Å². The van der Waals surface area contributed by atoms with Crippen LogP contribution in [-0.4, -0.2) is 88.6 Å². The summed E-state index contributed by atoms with van der Waals surface area (Å²) in [6, 6.07) is 1.10. The standard InChI is InChI=1S/C22H40N4O/c1-17(2)23(5)20(27)24-12-10-21(11-13-24)16-26(18(3)4)22(8-9-22)15-25(21)14-19-6-7-19/h17-19H,6-16H2,1-5H3. The van der Waals surface area contributed by atoms with Crippen LogP contribution >= 0.6 is 0 Å². The minimum atomic E-state index is 0.212. The maximum atomic E-state index is 12.8. The highest BCUT2D eigenvalue weighted by molar-refractivity contribution is 5.74. The number of nitrogens with zero attached hydrogens (tertiary/aromatic N) is 4. The quantitative estimate of drug-likeness (QED) is 0.754. The lowest BCUT2D eigenvalue weighted by molar-refractivity contribution is -0.0848. The van der Waals surface area contributed by atoms with Gasteiger partial charge >= 0.3 is 6.03 Å². The van der Waals surface area contributed by atoms with Crippen molar-refractivity contribution in [3.63, 3.8) is 0 Å². The molecule has 0 aromatic heterocycles. The smallest absolute Gasteiger partial charge is 0.319 e. The van der Waals surface area contributed by atoms with Crippen LogP contribution in [0.25, 0.3) is 0 Å². The Kier molecular flexibility index (Phi) is 4.99. The number of likely N-dealkylation sites (tertiary alicyclic amines) is 1. The van der Waals surface area contributed by atoms with Crippen molar-refractivity contribution in [1.82, 2.24) is 19.6 Å². The molecule has 27 heavy (non-hydrogen) atoms. The van der Waals surface area contributed by atoms with E-state index in [0.717, 1.165) is 31.8 Å². The number of piperazine rings is 1. The van der Waals surface area contributed by atoms with Gasteiger partial charge in [0.1, 0.15) is 0 Å². The third-order valence-corrected chi connectivity index (χ3v) is 7.90. The lowest BCUT2D eigenvalue weighted by Crippen LogP contribution is -2.71. The number of carbonyl (C=O) groups excluding carboxylic acids is 1. The summed E-state index contributed by atoms with van der Waals surface area (Å²) >= 11 is 0. The van der Waals surface area contributed by atoms with Crippen molar-refractivity contribution in [2.45, 2.75) is 89.4 Å². The van der Waals surface area contributed by atoms with Gasteiger partial charge in [-0.2, -0.15) is 0 Å². The van der Waals surface area contributed by atoms with Crippen LogP contribution in [0.4, 0.5) is 4.79 Å². The first-order valence-corrected chi connectivity index (χ1v) is 11.3. The third kappa shape index (κ3) is 3.62. The van der Waals surface area contributed by atoms with Gasteiger partial charge < -0.3 is 9.80 Å². The molecule has 0 N–H and O–H groups in total. The average Bonchev–Trinajstić information content (AvgIpc) is 3.55. The molecule has 5 nitrogen and oxygen atoms in total. The molecule has 2 heterocycles. The van der Waals surface area contributed by atoms with Gasteiger partial charge in [-0.1, -0.05) is 0 Å². The van der Waals surface area contributed by atoms with E-state index < -0.39 is 0 Å². The molecule has 2 saturated carbocycles. The minimum Gasteiger partial charge on any atom is -0.325 e. The van der Waals surface area contributed by atoms with Crippen LogP contribution in [0.15, 0.2) is 0 Å². The number of carbonyl (C=O) groups is 1. The summed E-state index contributed by atoms with van der Waals surface area (Å²) < 4.78 is 0. The van der Waals surface area contributed by atoms with Gasteiger partial charge in [0.15, 0.2) is 0 Å². The van der Waals surface area contributed by atoms with Gasteiger partial charge in [0, 0.05) is 62.9 Å². The first kappa shape index (κ1) is 19.5. The fraction of sp³-hybridized carbons (Fsp3) is 0.955. The molecular formula is C22H40N4O. The Bertz CT molecular complexity index is 559.